The summed E-state index contributed by atoms with van der Waals surface area (Å²) < 4.78 is 33.2. The summed E-state index contributed by atoms with van der Waals surface area (Å²) in [4.78, 5) is 14.8. The lowest BCUT2D eigenvalue weighted by molar-refractivity contribution is -0.0228. The first-order chi connectivity index (χ1) is 13.8. The molecule has 3 rings (SSSR count). The van der Waals surface area contributed by atoms with Crippen LogP contribution in [0.1, 0.15) is 42.3 Å². The second kappa shape index (κ2) is 9.26. The molecule has 1 fully saturated rings. The Morgan fingerprint density at radius 3 is 2.48 bits per heavy atom. The fourth-order valence-electron chi connectivity index (χ4n) is 3.09. The first-order valence-electron chi connectivity index (χ1n) is 9.59. The van der Waals surface area contributed by atoms with Gasteiger partial charge in [-0.3, -0.25) is 4.79 Å². The average Bonchev–Trinajstić information content (AvgIpc) is 2.73. The van der Waals surface area contributed by atoms with Gasteiger partial charge in [0.1, 0.15) is 6.10 Å². The molecule has 8 heteroatoms. The van der Waals surface area contributed by atoms with Crippen LogP contribution in [0, 0.1) is 0 Å². The lowest BCUT2D eigenvalue weighted by Gasteiger charge is -2.33. The quantitative estimate of drug-likeness (QED) is 0.750. The molecule has 0 saturated carbocycles. The van der Waals surface area contributed by atoms with E-state index in [1.165, 1.54) is 12.1 Å². The van der Waals surface area contributed by atoms with E-state index in [9.17, 15) is 13.2 Å². The third kappa shape index (κ3) is 5.36. The van der Waals surface area contributed by atoms with E-state index >= 15 is 0 Å². The van der Waals surface area contributed by atoms with Gasteiger partial charge in [0.05, 0.1) is 18.0 Å². The summed E-state index contributed by atoms with van der Waals surface area (Å²) in [6, 6.07) is 13.3. The molecule has 29 heavy (non-hydrogen) atoms. The number of nitrogens with zero attached hydrogens (tertiary/aromatic N) is 1. The Bertz CT molecular complexity index is 946. The van der Waals surface area contributed by atoms with Crippen LogP contribution in [0.4, 0.5) is 0 Å². The predicted molar refractivity (Wildman–Crippen MR) is 113 cm³/mol. The molecule has 0 aliphatic carbocycles. The Morgan fingerprint density at radius 1 is 1.21 bits per heavy atom. The van der Waals surface area contributed by atoms with Crippen molar-refractivity contribution in [3.05, 3.63) is 64.7 Å². The molecule has 1 amide bonds. The number of carbonyl (C=O) groups is 1. The number of morpholine rings is 1. The Morgan fingerprint density at radius 2 is 1.86 bits per heavy atom. The van der Waals surface area contributed by atoms with E-state index in [4.69, 9.17) is 16.3 Å². The van der Waals surface area contributed by atoms with E-state index in [1.54, 1.807) is 29.2 Å². The molecule has 2 aromatic rings. The normalized spacial score (nSPS) is 18.4. The molecule has 2 aromatic carbocycles. The number of nitrogens with one attached hydrogen (secondary N) is 1. The van der Waals surface area contributed by atoms with Crippen molar-refractivity contribution in [1.82, 2.24) is 9.62 Å². The number of hydrogen-bond acceptors (Lipinski definition) is 4. The third-order valence-corrected chi connectivity index (χ3v) is 6.83. The first-order valence-corrected chi connectivity index (χ1v) is 11.4. The number of rotatable bonds is 6. The van der Waals surface area contributed by atoms with Gasteiger partial charge in [-0.1, -0.05) is 30.7 Å². The maximum absolute atomic E-state index is 12.9. The fraction of sp³-hybridized carbons (Fsp3) is 0.381. The first kappa shape index (κ1) is 21.8. The van der Waals surface area contributed by atoms with Gasteiger partial charge in [-0.15, -0.1) is 0 Å². The standard InChI is InChI=1S/C21H25ClN2O4S/c1-3-15(2)23-29(26,27)19-10-6-17(7-11-19)21(25)24-12-13-28-20(14-24)16-4-8-18(22)9-5-16/h4-11,15,20,23H,3,12-14H2,1-2H3. The second-order valence-electron chi connectivity index (χ2n) is 7.12. The highest BCUT2D eigenvalue weighted by molar-refractivity contribution is 7.89. The molecule has 6 nitrogen and oxygen atoms in total. The number of benzene rings is 2. The number of sulfonamides is 1. The smallest absolute Gasteiger partial charge is 0.254 e. The van der Waals surface area contributed by atoms with Gasteiger partial charge >= 0.3 is 0 Å². The summed E-state index contributed by atoms with van der Waals surface area (Å²) in [5, 5.41) is 0.648. The molecule has 1 heterocycles. The van der Waals surface area contributed by atoms with Gasteiger partial charge in [0, 0.05) is 23.2 Å². The van der Waals surface area contributed by atoms with Gasteiger partial charge in [-0.2, -0.15) is 0 Å². The number of ether oxygens (including phenoxy) is 1. The molecular weight excluding hydrogens is 412 g/mol. The van der Waals surface area contributed by atoms with Gasteiger partial charge in [0.2, 0.25) is 10.0 Å². The minimum atomic E-state index is -3.59. The summed E-state index contributed by atoms with van der Waals surface area (Å²) in [7, 11) is -3.59. The second-order valence-corrected chi connectivity index (χ2v) is 9.27. The lowest BCUT2D eigenvalue weighted by Crippen LogP contribution is -2.42. The number of halogens is 1. The molecule has 0 radical (unpaired) electrons. The maximum Gasteiger partial charge on any atom is 0.254 e. The van der Waals surface area contributed by atoms with Gasteiger partial charge in [-0.05, 0) is 55.3 Å². The largest absolute Gasteiger partial charge is 0.370 e. The molecule has 0 spiro atoms. The van der Waals surface area contributed by atoms with Crippen LogP contribution in [0.5, 0.6) is 0 Å². The Balaban J connectivity index is 1.70. The van der Waals surface area contributed by atoms with Crippen molar-refractivity contribution in [2.45, 2.75) is 37.3 Å². The highest BCUT2D eigenvalue weighted by atomic mass is 35.5. The van der Waals surface area contributed by atoms with Crippen LogP contribution >= 0.6 is 11.6 Å². The van der Waals surface area contributed by atoms with E-state index in [0.29, 0.717) is 36.7 Å². The number of amides is 1. The molecule has 1 aliphatic rings. The molecular formula is C21H25ClN2O4S. The summed E-state index contributed by atoms with van der Waals surface area (Å²) >= 11 is 5.94. The summed E-state index contributed by atoms with van der Waals surface area (Å²) in [5.41, 5.74) is 1.41. The number of hydrogen-bond donors (Lipinski definition) is 1. The molecule has 1 aliphatic heterocycles. The van der Waals surface area contributed by atoms with Crippen LogP contribution in [0.3, 0.4) is 0 Å². The van der Waals surface area contributed by atoms with Crippen LogP contribution in [-0.4, -0.2) is 45.0 Å². The minimum absolute atomic E-state index is 0.147. The molecule has 2 atom stereocenters. The Kier molecular flexibility index (Phi) is 6.95. The zero-order chi connectivity index (χ0) is 21.0. The van der Waals surface area contributed by atoms with E-state index in [0.717, 1.165) is 5.56 Å². The number of carbonyl (C=O) groups excluding carboxylic acids is 1. The van der Waals surface area contributed by atoms with Crippen LogP contribution in [-0.2, 0) is 14.8 Å². The zero-order valence-corrected chi connectivity index (χ0v) is 18.0. The summed E-state index contributed by atoms with van der Waals surface area (Å²) in [6.45, 7) is 5.07. The molecule has 1 saturated heterocycles. The van der Waals surface area contributed by atoms with Crippen molar-refractivity contribution in [3.63, 3.8) is 0 Å². The molecule has 2 unspecified atom stereocenters. The highest BCUT2D eigenvalue weighted by Crippen LogP contribution is 2.25. The Hall–Kier alpha value is -1.93. The maximum atomic E-state index is 12.9. The van der Waals surface area contributed by atoms with Crippen molar-refractivity contribution in [3.8, 4) is 0 Å². The predicted octanol–water partition coefficient (Wildman–Crippen LogP) is 3.63. The molecule has 0 bridgehead atoms. The molecule has 1 N–H and O–H groups in total. The van der Waals surface area contributed by atoms with Gasteiger partial charge < -0.3 is 9.64 Å². The van der Waals surface area contributed by atoms with E-state index < -0.39 is 10.0 Å². The summed E-state index contributed by atoms with van der Waals surface area (Å²) in [5.74, 6) is -0.147. The van der Waals surface area contributed by atoms with E-state index in [2.05, 4.69) is 4.72 Å². The minimum Gasteiger partial charge on any atom is -0.370 e. The Labute approximate surface area is 176 Å². The molecule has 156 valence electrons. The lowest BCUT2D eigenvalue weighted by atomic mass is 10.1. The molecule has 0 aromatic heterocycles. The van der Waals surface area contributed by atoms with Crippen molar-refractivity contribution < 1.29 is 17.9 Å². The van der Waals surface area contributed by atoms with Gasteiger partial charge in [0.25, 0.3) is 5.91 Å². The SMILES string of the molecule is CCC(C)NS(=O)(=O)c1ccc(C(=O)N2CCOC(c3ccc(Cl)cc3)C2)cc1. The van der Waals surface area contributed by atoms with Crippen molar-refractivity contribution >= 4 is 27.5 Å². The summed E-state index contributed by atoms with van der Waals surface area (Å²) in [6.07, 6.45) is 0.478. The van der Waals surface area contributed by atoms with Crippen LogP contribution in [0.15, 0.2) is 53.4 Å². The van der Waals surface area contributed by atoms with E-state index in [-0.39, 0.29) is 22.9 Å². The van der Waals surface area contributed by atoms with Crippen molar-refractivity contribution in [1.29, 1.82) is 0 Å². The average molecular weight is 437 g/mol. The highest BCUT2D eigenvalue weighted by Gasteiger charge is 2.26. The van der Waals surface area contributed by atoms with Crippen LogP contribution in [0.25, 0.3) is 0 Å². The van der Waals surface area contributed by atoms with Crippen molar-refractivity contribution in [2.24, 2.45) is 0 Å². The third-order valence-electron chi connectivity index (χ3n) is 4.98. The fourth-order valence-corrected chi connectivity index (χ4v) is 4.54. The van der Waals surface area contributed by atoms with Crippen LogP contribution < -0.4 is 4.72 Å². The topological polar surface area (TPSA) is 75.7 Å². The monoisotopic (exact) mass is 436 g/mol. The van der Waals surface area contributed by atoms with E-state index in [1.807, 2.05) is 26.0 Å². The van der Waals surface area contributed by atoms with Gasteiger partial charge in [0.15, 0.2) is 0 Å². The van der Waals surface area contributed by atoms with Gasteiger partial charge in [-0.25, -0.2) is 13.1 Å². The van der Waals surface area contributed by atoms with Crippen molar-refractivity contribution in [2.75, 3.05) is 19.7 Å². The van der Waals surface area contributed by atoms with Crippen LogP contribution in [0.2, 0.25) is 5.02 Å². The zero-order valence-electron chi connectivity index (χ0n) is 16.5.